The molecule has 0 radical (unpaired) electrons. The molecule has 5 nitrogen and oxygen atoms in total. The first-order valence-corrected chi connectivity index (χ1v) is 9.76. The third-order valence-electron chi connectivity index (χ3n) is 4.19. The summed E-state index contributed by atoms with van der Waals surface area (Å²) in [6, 6.07) is 7.08. The molecule has 0 N–H and O–H groups in total. The van der Waals surface area contributed by atoms with Crippen LogP contribution in [-0.4, -0.2) is 15.9 Å². The number of Topliss-reactive ketones (excluding diaryl/α,β-unsaturated/α-hetero) is 1. The lowest BCUT2D eigenvalue weighted by atomic mass is 9.95. The summed E-state index contributed by atoms with van der Waals surface area (Å²) >= 11 is 13.9. The van der Waals surface area contributed by atoms with Crippen LogP contribution in [0.3, 0.4) is 0 Å². The summed E-state index contributed by atoms with van der Waals surface area (Å²) in [6.07, 6.45) is 0.738. The predicted molar refractivity (Wildman–Crippen MR) is 106 cm³/mol. The Kier molecular flexibility index (Phi) is 5.66. The van der Waals surface area contributed by atoms with Crippen molar-refractivity contribution in [3.8, 4) is 17.3 Å². The Balaban J connectivity index is 2.12. The Bertz CT molecular complexity index is 1050. The van der Waals surface area contributed by atoms with Crippen LogP contribution in [0.2, 0.25) is 10.0 Å². The molecule has 1 aromatic carbocycles. The molecule has 0 saturated carbocycles. The van der Waals surface area contributed by atoms with Crippen molar-refractivity contribution in [3.05, 3.63) is 55.1 Å². The first kappa shape index (κ1) is 19.6. The molecule has 3 rings (SSSR count). The highest BCUT2D eigenvalue weighted by molar-refractivity contribution is 7.12. The van der Waals surface area contributed by atoms with Crippen molar-refractivity contribution in [2.45, 2.75) is 33.1 Å². The number of thiazole rings is 1. The van der Waals surface area contributed by atoms with E-state index in [0.717, 1.165) is 17.0 Å². The monoisotopic (exact) mass is 419 g/mol. The quantitative estimate of drug-likeness (QED) is 0.489. The second kappa shape index (κ2) is 7.81. The summed E-state index contributed by atoms with van der Waals surface area (Å²) < 4.78 is 5.25. The highest BCUT2D eigenvalue weighted by atomic mass is 35.5. The molecule has 27 heavy (non-hydrogen) atoms. The molecule has 1 atom stereocenters. The third-order valence-corrected chi connectivity index (χ3v) is 5.90. The largest absolute Gasteiger partial charge is 0.360 e. The summed E-state index contributed by atoms with van der Waals surface area (Å²) in [5.74, 6) is -1.18. The van der Waals surface area contributed by atoms with Gasteiger partial charge in [0.05, 0.1) is 27.4 Å². The molecule has 0 amide bonds. The molecule has 2 aromatic heterocycles. The van der Waals surface area contributed by atoms with Crippen molar-refractivity contribution in [1.82, 2.24) is 10.1 Å². The van der Waals surface area contributed by atoms with E-state index in [0.29, 0.717) is 26.4 Å². The van der Waals surface area contributed by atoms with E-state index in [9.17, 15) is 10.1 Å². The first-order chi connectivity index (χ1) is 12.9. The summed E-state index contributed by atoms with van der Waals surface area (Å²) in [7, 11) is 0. The normalized spacial score (nSPS) is 12.0. The standard InChI is InChI=1S/C19H15Cl2N3O2S/c1-4-14-10(3)27-19(23-14)11(8-22)18(25)15-9(2)26-24-17(15)16-12(20)6-5-7-13(16)21/h5-7,11H,4H2,1-3H3/t11-/m1/s1. The maximum Gasteiger partial charge on any atom is 0.192 e. The molecule has 138 valence electrons. The molecule has 0 unspecified atom stereocenters. The summed E-state index contributed by atoms with van der Waals surface area (Å²) in [6.45, 7) is 5.53. The van der Waals surface area contributed by atoms with Crippen LogP contribution >= 0.6 is 34.5 Å². The van der Waals surface area contributed by atoms with E-state index in [1.807, 2.05) is 13.8 Å². The van der Waals surface area contributed by atoms with Gasteiger partial charge in [0.25, 0.3) is 0 Å². The van der Waals surface area contributed by atoms with E-state index >= 15 is 0 Å². The van der Waals surface area contributed by atoms with Gasteiger partial charge in [0, 0.05) is 10.4 Å². The number of hydrogen-bond donors (Lipinski definition) is 0. The average Bonchev–Trinajstić information content (AvgIpc) is 3.18. The zero-order valence-electron chi connectivity index (χ0n) is 14.8. The predicted octanol–water partition coefficient (Wildman–Crippen LogP) is 5.77. The average molecular weight is 420 g/mol. The van der Waals surface area contributed by atoms with Crippen molar-refractivity contribution in [2.24, 2.45) is 0 Å². The van der Waals surface area contributed by atoms with Crippen LogP contribution < -0.4 is 0 Å². The lowest BCUT2D eigenvalue weighted by Crippen LogP contribution is -2.13. The molecule has 0 saturated heterocycles. The minimum atomic E-state index is -1.05. The molecule has 0 aliphatic carbocycles. The molecule has 0 aliphatic rings. The molecular weight excluding hydrogens is 405 g/mol. The van der Waals surface area contributed by atoms with Crippen molar-refractivity contribution in [1.29, 1.82) is 5.26 Å². The lowest BCUT2D eigenvalue weighted by Gasteiger charge is -2.08. The SMILES string of the molecule is CCc1nc([C@H](C#N)C(=O)c2c(-c3c(Cl)cccc3Cl)noc2C)sc1C. The van der Waals surface area contributed by atoms with E-state index < -0.39 is 11.7 Å². The van der Waals surface area contributed by atoms with Gasteiger partial charge in [-0.2, -0.15) is 5.26 Å². The number of aryl methyl sites for hydroxylation is 3. The van der Waals surface area contributed by atoms with E-state index in [1.165, 1.54) is 11.3 Å². The molecule has 0 bridgehead atoms. The van der Waals surface area contributed by atoms with Gasteiger partial charge in [0.2, 0.25) is 0 Å². The molecular formula is C19H15Cl2N3O2S. The molecule has 8 heteroatoms. The zero-order valence-corrected chi connectivity index (χ0v) is 17.2. The number of benzene rings is 1. The molecule has 0 aliphatic heterocycles. The van der Waals surface area contributed by atoms with Crippen molar-refractivity contribution in [3.63, 3.8) is 0 Å². The maximum absolute atomic E-state index is 13.2. The number of halogens is 2. The molecule has 0 spiro atoms. The Labute approximate surface area is 170 Å². The summed E-state index contributed by atoms with van der Waals surface area (Å²) in [5, 5.41) is 14.8. The van der Waals surface area contributed by atoms with Crippen LogP contribution in [0.15, 0.2) is 22.7 Å². The Hall–Kier alpha value is -2.20. The van der Waals surface area contributed by atoms with Gasteiger partial charge in [-0.3, -0.25) is 4.79 Å². The van der Waals surface area contributed by atoms with Gasteiger partial charge < -0.3 is 4.52 Å². The van der Waals surface area contributed by atoms with Gasteiger partial charge >= 0.3 is 0 Å². The molecule has 3 aromatic rings. The lowest BCUT2D eigenvalue weighted by molar-refractivity contribution is 0.0978. The highest BCUT2D eigenvalue weighted by Gasteiger charge is 2.32. The minimum absolute atomic E-state index is 0.197. The molecule has 0 fully saturated rings. The van der Waals surface area contributed by atoms with Crippen LogP contribution in [0.5, 0.6) is 0 Å². The van der Waals surface area contributed by atoms with Crippen LogP contribution in [-0.2, 0) is 6.42 Å². The van der Waals surface area contributed by atoms with Gasteiger partial charge in [-0.05, 0) is 32.4 Å². The van der Waals surface area contributed by atoms with E-state index in [1.54, 1.807) is 25.1 Å². The number of nitrogens with zero attached hydrogens (tertiary/aromatic N) is 3. The van der Waals surface area contributed by atoms with E-state index in [-0.39, 0.29) is 11.3 Å². The number of rotatable bonds is 5. The number of hydrogen-bond acceptors (Lipinski definition) is 6. The van der Waals surface area contributed by atoms with Gasteiger partial charge in [-0.25, -0.2) is 4.98 Å². The van der Waals surface area contributed by atoms with E-state index in [2.05, 4.69) is 16.2 Å². The second-order valence-electron chi connectivity index (χ2n) is 5.89. The number of nitriles is 1. The Morgan fingerprint density at radius 2 is 2.00 bits per heavy atom. The topological polar surface area (TPSA) is 79.8 Å². The van der Waals surface area contributed by atoms with Gasteiger partial charge in [0.1, 0.15) is 16.5 Å². The van der Waals surface area contributed by atoms with Crippen molar-refractivity contribution in [2.75, 3.05) is 0 Å². The fraction of sp³-hybridized carbons (Fsp3) is 0.263. The number of carbonyl (C=O) groups excluding carboxylic acids is 1. The number of carbonyl (C=O) groups is 1. The van der Waals surface area contributed by atoms with E-state index in [4.69, 9.17) is 27.7 Å². The zero-order chi connectivity index (χ0) is 19.7. The van der Waals surface area contributed by atoms with Crippen LogP contribution in [0.1, 0.15) is 44.5 Å². The highest BCUT2D eigenvalue weighted by Crippen LogP contribution is 2.39. The molecule has 2 heterocycles. The van der Waals surface area contributed by atoms with Crippen molar-refractivity contribution < 1.29 is 9.32 Å². The van der Waals surface area contributed by atoms with Gasteiger partial charge in [0.15, 0.2) is 11.7 Å². The Morgan fingerprint density at radius 1 is 1.33 bits per heavy atom. The number of aromatic nitrogens is 2. The summed E-state index contributed by atoms with van der Waals surface area (Å²) in [5.41, 5.74) is 1.72. The van der Waals surface area contributed by atoms with Crippen LogP contribution in [0.25, 0.3) is 11.3 Å². The second-order valence-corrected chi connectivity index (χ2v) is 7.94. The number of ketones is 1. The smallest absolute Gasteiger partial charge is 0.192 e. The minimum Gasteiger partial charge on any atom is -0.360 e. The first-order valence-electron chi connectivity index (χ1n) is 8.19. The van der Waals surface area contributed by atoms with Gasteiger partial charge in [-0.1, -0.05) is 41.3 Å². The van der Waals surface area contributed by atoms with Gasteiger partial charge in [-0.15, -0.1) is 11.3 Å². The van der Waals surface area contributed by atoms with Crippen molar-refractivity contribution >= 4 is 40.3 Å². The van der Waals surface area contributed by atoms with Crippen LogP contribution in [0.4, 0.5) is 0 Å². The fourth-order valence-corrected chi connectivity index (χ4v) is 4.46. The fourth-order valence-electron chi connectivity index (χ4n) is 2.83. The third kappa shape index (κ3) is 3.51. The Morgan fingerprint density at radius 3 is 2.56 bits per heavy atom. The summed E-state index contributed by atoms with van der Waals surface area (Å²) in [4.78, 5) is 18.7. The van der Waals surface area contributed by atoms with Crippen LogP contribution in [0, 0.1) is 25.2 Å². The maximum atomic E-state index is 13.2.